The summed E-state index contributed by atoms with van der Waals surface area (Å²) in [7, 11) is 0. The number of piperidine rings is 1. The number of carboxylic acid groups (broad SMARTS) is 1. The fourth-order valence-corrected chi connectivity index (χ4v) is 1.88. The largest absolute Gasteiger partial charge is 0.481 e. The van der Waals surface area contributed by atoms with Gasteiger partial charge in [-0.15, -0.1) is 0 Å². The first-order valence-electron chi connectivity index (χ1n) is 4.63. The van der Waals surface area contributed by atoms with Crippen molar-refractivity contribution in [3.63, 3.8) is 0 Å². The minimum absolute atomic E-state index is 0.0451. The zero-order valence-electron chi connectivity index (χ0n) is 7.64. The highest BCUT2D eigenvalue weighted by Gasteiger charge is 2.33. The van der Waals surface area contributed by atoms with Gasteiger partial charge < -0.3 is 14.9 Å². The average molecular weight is 196 g/mol. The number of hydrogen-bond donors (Lipinski definition) is 2. The van der Waals surface area contributed by atoms with Gasteiger partial charge in [-0.2, -0.15) is 0 Å². The number of nitrogens with one attached hydrogen (secondary N) is 1. The molecule has 1 aromatic heterocycles. The molecule has 0 amide bonds. The lowest BCUT2D eigenvalue weighted by atomic mass is 9.85. The fraction of sp³-hybridized carbons (Fsp3) is 0.556. The van der Waals surface area contributed by atoms with Gasteiger partial charge in [0.15, 0.2) is 0 Å². The molecule has 0 aromatic carbocycles. The molecule has 76 valence electrons. The van der Waals surface area contributed by atoms with Gasteiger partial charge in [0, 0.05) is 18.5 Å². The van der Waals surface area contributed by atoms with Gasteiger partial charge in [0.05, 0.1) is 12.1 Å². The van der Waals surface area contributed by atoms with Crippen LogP contribution >= 0.6 is 0 Å². The lowest BCUT2D eigenvalue weighted by molar-refractivity contribution is -0.143. The van der Waals surface area contributed by atoms with Crippen molar-refractivity contribution in [2.75, 3.05) is 13.1 Å². The molecule has 2 atom stereocenters. The van der Waals surface area contributed by atoms with Crippen molar-refractivity contribution in [1.82, 2.24) is 10.5 Å². The van der Waals surface area contributed by atoms with Crippen molar-refractivity contribution in [2.24, 2.45) is 5.92 Å². The molecule has 2 rings (SSSR count). The molecule has 0 aliphatic carbocycles. The maximum atomic E-state index is 11.0. The van der Waals surface area contributed by atoms with Crippen molar-refractivity contribution in [3.8, 4) is 0 Å². The average Bonchev–Trinajstić information content (AvgIpc) is 2.70. The van der Waals surface area contributed by atoms with Crippen LogP contribution in [0.25, 0.3) is 0 Å². The maximum absolute atomic E-state index is 11.0. The summed E-state index contributed by atoms with van der Waals surface area (Å²) in [5.41, 5.74) is 0. The molecule has 5 heteroatoms. The van der Waals surface area contributed by atoms with Crippen LogP contribution in [0.1, 0.15) is 18.1 Å². The molecule has 0 saturated carbocycles. The number of carboxylic acids is 1. The van der Waals surface area contributed by atoms with E-state index >= 15 is 0 Å². The highest BCUT2D eigenvalue weighted by Crippen LogP contribution is 2.29. The van der Waals surface area contributed by atoms with Crippen LogP contribution < -0.4 is 5.32 Å². The lowest BCUT2D eigenvalue weighted by Gasteiger charge is -2.26. The monoisotopic (exact) mass is 196 g/mol. The molecule has 0 spiro atoms. The first-order valence-corrected chi connectivity index (χ1v) is 4.63. The molecule has 5 nitrogen and oxygen atoms in total. The van der Waals surface area contributed by atoms with Crippen molar-refractivity contribution in [2.45, 2.75) is 12.3 Å². The Hall–Kier alpha value is -1.36. The van der Waals surface area contributed by atoms with Crippen molar-refractivity contribution >= 4 is 5.97 Å². The first kappa shape index (κ1) is 9.21. The van der Waals surface area contributed by atoms with Crippen LogP contribution in [-0.2, 0) is 4.79 Å². The van der Waals surface area contributed by atoms with Crippen molar-refractivity contribution in [3.05, 3.63) is 18.0 Å². The van der Waals surface area contributed by atoms with Crippen molar-refractivity contribution < 1.29 is 14.4 Å². The molecule has 14 heavy (non-hydrogen) atoms. The van der Waals surface area contributed by atoms with E-state index in [0.717, 1.165) is 13.0 Å². The molecule has 0 bridgehead atoms. The molecular weight excluding hydrogens is 184 g/mol. The summed E-state index contributed by atoms with van der Waals surface area (Å²) in [6.45, 7) is 1.33. The molecule has 1 fully saturated rings. The SMILES string of the molecule is O=C(O)C1CNCCC1c1ccno1. The number of rotatable bonds is 2. The second-order valence-corrected chi connectivity index (χ2v) is 3.46. The van der Waals surface area contributed by atoms with E-state index in [0.29, 0.717) is 12.3 Å². The third kappa shape index (κ3) is 1.63. The van der Waals surface area contributed by atoms with E-state index in [1.807, 2.05) is 0 Å². The van der Waals surface area contributed by atoms with Gasteiger partial charge in [-0.1, -0.05) is 5.16 Å². The summed E-state index contributed by atoms with van der Waals surface area (Å²) >= 11 is 0. The van der Waals surface area contributed by atoms with Crippen LogP contribution in [0.3, 0.4) is 0 Å². The van der Waals surface area contributed by atoms with Crippen LogP contribution in [0.15, 0.2) is 16.8 Å². The minimum atomic E-state index is -0.779. The zero-order chi connectivity index (χ0) is 9.97. The molecule has 1 saturated heterocycles. The Morgan fingerprint density at radius 1 is 1.71 bits per heavy atom. The van der Waals surface area contributed by atoms with Gasteiger partial charge in [-0.05, 0) is 13.0 Å². The molecule has 2 N–H and O–H groups in total. The molecule has 1 aliphatic heterocycles. The van der Waals surface area contributed by atoms with Gasteiger partial charge in [-0.3, -0.25) is 4.79 Å². The van der Waals surface area contributed by atoms with E-state index in [-0.39, 0.29) is 5.92 Å². The number of aliphatic carboxylic acids is 1. The molecule has 2 unspecified atom stereocenters. The Morgan fingerprint density at radius 2 is 2.57 bits per heavy atom. The molecule has 2 heterocycles. The fourth-order valence-electron chi connectivity index (χ4n) is 1.88. The topological polar surface area (TPSA) is 75.4 Å². The Labute approximate surface area is 81.1 Å². The van der Waals surface area contributed by atoms with Crippen molar-refractivity contribution in [1.29, 1.82) is 0 Å². The molecule has 1 aromatic rings. The molecule has 1 aliphatic rings. The predicted octanol–water partition coefficient (Wildman–Crippen LogP) is 0.452. The lowest BCUT2D eigenvalue weighted by Crippen LogP contribution is -2.39. The Bertz CT molecular complexity index is 310. The highest BCUT2D eigenvalue weighted by atomic mass is 16.5. The van der Waals surface area contributed by atoms with E-state index in [2.05, 4.69) is 10.5 Å². The summed E-state index contributed by atoms with van der Waals surface area (Å²) in [4.78, 5) is 11.0. The van der Waals surface area contributed by atoms with Crippen LogP contribution in [0.2, 0.25) is 0 Å². The summed E-state index contributed by atoms with van der Waals surface area (Å²) in [6, 6.07) is 1.74. The van der Waals surface area contributed by atoms with Gasteiger partial charge in [0.2, 0.25) is 0 Å². The Balaban J connectivity index is 2.18. The summed E-state index contributed by atoms with van der Waals surface area (Å²) < 4.78 is 5.01. The van der Waals surface area contributed by atoms with Crippen LogP contribution in [0.4, 0.5) is 0 Å². The standard InChI is InChI=1S/C9H12N2O3/c12-9(13)7-5-10-3-1-6(7)8-2-4-11-14-8/h2,4,6-7,10H,1,3,5H2,(H,12,13). The third-order valence-corrected chi connectivity index (χ3v) is 2.62. The zero-order valence-corrected chi connectivity index (χ0v) is 7.64. The molecular formula is C9H12N2O3. The van der Waals surface area contributed by atoms with Gasteiger partial charge >= 0.3 is 5.97 Å². The van der Waals surface area contributed by atoms with E-state index in [1.165, 1.54) is 0 Å². The molecule has 0 radical (unpaired) electrons. The maximum Gasteiger partial charge on any atom is 0.308 e. The second kappa shape index (κ2) is 3.79. The Morgan fingerprint density at radius 3 is 3.21 bits per heavy atom. The van der Waals surface area contributed by atoms with Gasteiger partial charge in [0.25, 0.3) is 0 Å². The Kier molecular flexibility index (Phi) is 2.49. The van der Waals surface area contributed by atoms with E-state index in [4.69, 9.17) is 9.63 Å². The summed E-state index contributed by atoms with van der Waals surface area (Å²) in [6.07, 6.45) is 2.34. The first-order chi connectivity index (χ1) is 6.79. The number of aromatic nitrogens is 1. The van der Waals surface area contributed by atoms with Gasteiger partial charge in [0.1, 0.15) is 5.76 Å². The number of carbonyl (C=O) groups is 1. The normalized spacial score (nSPS) is 27.4. The minimum Gasteiger partial charge on any atom is -0.481 e. The third-order valence-electron chi connectivity index (χ3n) is 2.62. The quantitative estimate of drug-likeness (QED) is 0.718. The number of hydrogen-bond acceptors (Lipinski definition) is 4. The smallest absolute Gasteiger partial charge is 0.308 e. The predicted molar refractivity (Wildman–Crippen MR) is 47.9 cm³/mol. The van der Waals surface area contributed by atoms with Crippen LogP contribution in [0.5, 0.6) is 0 Å². The van der Waals surface area contributed by atoms with E-state index < -0.39 is 11.9 Å². The van der Waals surface area contributed by atoms with Crippen LogP contribution in [-0.4, -0.2) is 29.3 Å². The summed E-state index contributed by atoms with van der Waals surface area (Å²) in [5.74, 6) is -0.551. The summed E-state index contributed by atoms with van der Waals surface area (Å²) in [5, 5.41) is 15.7. The second-order valence-electron chi connectivity index (χ2n) is 3.46. The van der Waals surface area contributed by atoms with Crippen LogP contribution in [0, 0.1) is 5.92 Å². The highest BCUT2D eigenvalue weighted by molar-refractivity contribution is 5.71. The van der Waals surface area contributed by atoms with E-state index in [9.17, 15) is 4.79 Å². The number of nitrogens with zero attached hydrogens (tertiary/aromatic N) is 1. The van der Waals surface area contributed by atoms with E-state index in [1.54, 1.807) is 12.3 Å². The van der Waals surface area contributed by atoms with Gasteiger partial charge in [-0.25, -0.2) is 0 Å².